The van der Waals surface area contributed by atoms with Gasteiger partial charge in [-0.2, -0.15) is 0 Å². The van der Waals surface area contributed by atoms with Gasteiger partial charge in [-0.25, -0.2) is 0 Å². The van der Waals surface area contributed by atoms with Crippen molar-refractivity contribution in [1.82, 2.24) is 0 Å². The molecule has 0 aliphatic rings. The van der Waals surface area contributed by atoms with Crippen molar-refractivity contribution in [3.8, 4) is 0 Å². The Morgan fingerprint density at radius 3 is 1.75 bits per heavy atom. The molecule has 0 aromatic carbocycles. The predicted octanol–water partition coefficient (Wildman–Crippen LogP) is -0.0375. The molecule has 0 rings (SSSR count). The maximum absolute atomic E-state index is 4.85. The average Bonchev–Trinajstić information content (AvgIpc) is 0.918. The van der Waals surface area contributed by atoms with E-state index in [0.717, 1.165) is 6.54 Å². The van der Waals surface area contributed by atoms with Crippen LogP contribution in [0.15, 0.2) is 0 Å². The Kier molecular flexibility index (Phi) is 20.1. The summed E-state index contributed by atoms with van der Waals surface area (Å²) < 4.78 is 0. The van der Waals surface area contributed by atoms with Gasteiger partial charge in [-0.1, -0.05) is 6.92 Å². The topological polar surface area (TPSA) is 26.0 Å². The molecule has 0 aliphatic carbocycles. The minimum atomic E-state index is 0. The molecule has 0 saturated carbocycles. The van der Waals surface area contributed by atoms with Crippen LogP contribution in [0.25, 0.3) is 0 Å². The molecule has 22 valence electrons. The second-order valence-electron chi connectivity index (χ2n) is 0.408. The molecule has 0 atom stereocenters. The number of rotatable bonds is 0. The maximum Gasteiger partial charge on any atom is 0 e. The van der Waals surface area contributed by atoms with Crippen molar-refractivity contribution in [2.75, 3.05) is 6.54 Å². The summed E-state index contributed by atoms with van der Waals surface area (Å²) in [5.74, 6) is 0. The standard InChI is InChI=1S/C2H7N.Hg/c1-2-3;/h2-3H2,1H3;. The molecule has 0 fully saturated rings. The molecule has 0 unspecified atom stereocenters. The first-order valence-electron chi connectivity index (χ1n) is 1.12. The smallest absolute Gasteiger partial charge is 0 e. The van der Waals surface area contributed by atoms with Crippen molar-refractivity contribution in [3.05, 3.63) is 0 Å². The second kappa shape index (κ2) is 9.09. The van der Waals surface area contributed by atoms with Gasteiger partial charge in [0.05, 0.1) is 0 Å². The van der Waals surface area contributed by atoms with Gasteiger partial charge >= 0.3 is 0 Å². The third-order valence-corrected chi connectivity index (χ3v) is 0. The Morgan fingerprint density at radius 2 is 1.75 bits per heavy atom. The van der Waals surface area contributed by atoms with E-state index >= 15 is 0 Å². The van der Waals surface area contributed by atoms with Gasteiger partial charge in [0.2, 0.25) is 0 Å². The SMILES string of the molecule is CCN.[Hg]. The molecule has 0 heterocycles. The molecule has 0 radical (unpaired) electrons. The minimum Gasteiger partial charge on any atom is -0.331 e. The van der Waals surface area contributed by atoms with Crippen LogP contribution in [-0.4, -0.2) is 6.54 Å². The zero-order valence-electron chi connectivity index (χ0n) is 2.99. The van der Waals surface area contributed by atoms with Gasteiger partial charge < -0.3 is 5.73 Å². The molecule has 2 N–H and O–H groups in total. The zero-order valence-corrected chi connectivity index (χ0v) is 8.49. The summed E-state index contributed by atoms with van der Waals surface area (Å²) in [5.41, 5.74) is 4.85. The van der Waals surface area contributed by atoms with Crippen LogP contribution < -0.4 is 5.73 Å². The first kappa shape index (κ1) is 8.86. The predicted molar refractivity (Wildman–Crippen MR) is 14.7 cm³/mol. The molecule has 0 aliphatic heterocycles. The Bertz CT molecular complexity index is 6.00. The molecule has 4 heavy (non-hydrogen) atoms. The fraction of sp³-hybridized carbons (Fsp3) is 1.00. The molecule has 0 spiro atoms. The Balaban J connectivity index is 0. The maximum atomic E-state index is 4.85. The summed E-state index contributed by atoms with van der Waals surface area (Å²) in [7, 11) is 0. The van der Waals surface area contributed by atoms with Crippen LogP contribution >= 0.6 is 0 Å². The van der Waals surface area contributed by atoms with E-state index in [9.17, 15) is 0 Å². The van der Waals surface area contributed by atoms with E-state index in [1.165, 1.54) is 0 Å². The normalized spacial score (nSPS) is 4.50. The van der Waals surface area contributed by atoms with Crippen LogP contribution in [0.4, 0.5) is 0 Å². The van der Waals surface area contributed by atoms with E-state index in [2.05, 4.69) is 0 Å². The third kappa shape index (κ3) is 13.0. The van der Waals surface area contributed by atoms with Crippen molar-refractivity contribution in [1.29, 1.82) is 0 Å². The van der Waals surface area contributed by atoms with Gasteiger partial charge in [-0.3, -0.25) is 0 Å². The molecule has 2 heteroatoms. The first-order chi connectivity index (χ1) is 1.41. The van der Waals surface area contributed by atoms with E-state index in [-0.39, 0.29) is 27.7 Å². The molecule has 1 nitrogen and oxygen atoms in total. The van der Waals surface area contributed by atoms with E-state index in [1.54, 1.807) is 0 Å². The molecule has 0 amide bonds. The van der Waals surface area contributed by atoms with Crippen molar-refractivity contribution in [2.24, 2.45) is 5.73 Å². The summed E-state index contributed by atoms with van der Waals surface area (Å²) in [6.07, 6.45) is 0. The monoisotopic (exact) mass is 247 g/mol. The second-order valence-corrected chi connectivity index (χ2v) is 0.408. The van der Waals surface area contributed by atoms with E-state index in [4.69, 9.17) is 5.73 Å². The van der Waals surface area contributed by atoms with E-state index < -0.39 is 0 Å². The van der Waals surface area contributed by atoms with Crippen LogP contribution in [0.3, 0.4) is 0 Å². The summed E-state index contributed by atoms with van der Waals surface area (Å²) in [6.45, 7) is 2.65. The van der Waals surface area contributed by atoms with Gasteiger partial charge in [0.1, 0.15) is 0 Å². The summed E-state index contributed by atoms with van der Waals surface area (Å²) in [6, 6.07) is 0. The molecule has 0 bridgehead atoms. The molecule has 0 saturated heterocycles. The van der Waals surface area contributed by atoms with E-state index in [0.29, 0.717) is 0 Å². The molecule has 0 aromatic heterocycles. The van der Waals surface area contributed by atoms with Crippen molar-refractivity contribution < 1.29 is 27.7 Å². The van der Waals surface area contributed by atoms with Crippen LogP contribution in [0, 0.1) is 0 Å². The summed E-state index contributed by atoms with van der Waals surface area (Å²) >= 11 is 0. The molecular weight excluding hydrogens is 239 g/mol. The quantitative estimate of drug-likeness (QED) is 0.596. The fourth-order valence-electron chi connectivity index (χ4n) is 0. The van der Waals surface area contributed by atoms with Crippen LogP contribution in [0.2, 0.25) is 0 Å². The van der Waals surface area contributed by atoms with Crippen LogP contribution in [-0.2, 0) is 27.7 Å². The van der Waals surface area contributed by atoms with Crippen LogP contribution in [0.5, 0.6) is 0 Å². The summed E-state index contributed by atoms with van der Waals surface area (Å²) in [4.78, 5) is 0. The van der Waals surface area contributed by atoms with Gasteiger partial charge in [0, 0.05) is 27.7 Å². The third-order valence-electron chi connectivity index (χ3n) is 0. The van der Waals surface area contributed by atoms with Crippen molar-refractivity contribution >= 4 is 0 Å². The largest absolute Gasteiger partial charge is 0.331 e. The average molecular weight is 246 g/mol. The van der Waals surface area contributed by atoms with E-state index in [1.807, 2.05) is 6.92 Å². The molecule has 0 aromatic rings. The first-order valence-corrected chi connectivity index (χ1v) is 1.12. The Hall–Kier alpha value is 0.895. The minimum absolute atomic E-state index is 0. The Morgan fingerprint density at radius 1 is 1.75 bits per heavy atom. The van der Waals surface area contributed by atoms with Crippen LogP contribution in [0.1, 0.15) is 6.92 Å². The Labute approximate surface area is 47.1 Å². The molecular formula is C2H7HgN. The van der Waals surface area contributed by atoms with Crippen molar-refractivity contribution in [3.63, 3.8) is 0 Å². The van der Waals surface area contributed by atoms with Crippen molar-refractivity contribution in [2.45, 2.75) is 6.92 Å². The number of nitrogens with two attached hydrogens (primary N) is 1. The fourth-order valence-corrected chi connectivity index (χ4v) is 0. The van der Waals surface area contributed by atoms with Gasteiger partial charge in [0.25, 0.3) is 0 Å². The van der Waals surface area contributed by atoms with Gasteiger partial charge in [-0.15, -0.1) is 0 Å². The number of hydrogen-bond donors (Lipinski definition) is 1. The van der Waals surface area contributed by atoms with Gasteiger partial charge in [0.15, 0.2) is 0 Å². The van der Waals surface area contributed by atoms with Gasteiger partial charge in [-0.05, 0) is 6.54 Å². The summed E-state index contributed by atoms with van der Waals surface area (Å²) in [5, 5.41) is 0. The zero-order chi connectivity index (χ0) is 2.71. The number of hydrogen-bond acceptors (Lipinski definition) is 1.